The molecule has 0 radical (unpaired) electrons. The molecule has 15 heavy (non-hydrogen) atoms. The average Bonchev–Trinajstić information content (AvgIpc) is 2.23. The van der Waals surface area contributed by atoms with Crippen LogP contribution in [0.3, 0.4) is 0 Å². The molecule has 0 heterocycles. The maximum absolute atomic E-state index is 12.7. The summed E-state index contributed by atoms with van der Waals surface area (Å²) in [5.41, 5.74) is 0. The van der Waals surface area contributed by atoms with Crippen LogP contribution in [-0.4, -0.2) is 12.5 Å². The number of benzene rings is 1. The first-order valence-electron chi connectivity index (χ1n) is 5.27. The Morgan fingerprint density at radius 1 is 1.13 bits per heavy atom. The highest BCUT2D eigenvalue weighted by molar-refractivity contribution is 6.17. The zero-order chi connectivity index (χ0) is 10.9. The third-order valence-corrected chi connectivity index (χ3v) is 2.36. The van der Waals surface area contributed by atoms with E-state index in [9.17, 15) is 4.39 Å². The SMILES string of the molecule is Fc1cccc(OCCCCCCCl)c1. The summed E-state index contributed by atoms with van der Waals surface area (Å²) < 4.78 is 18.1. The minimum atomic E-state index is -0.255. The first-order chi connectivity index (χ1) is 7.33. The van der Waals surface area contributed by atoms with Gasteiger partial charge >= 0.3 is 0 Å². The van der Waals surface area contributed by atoms with Crippen LogP contribution in [0.5, 0.6) is 5.75 Å². The van der Waals surface area contributed by atoms with Crippen molar-refractivity contribution in [3.8, 4) is 5.75 Å². The minimum absolute atomic E-state index is 0.255. The molecule has 0 aromatic heterocycles. The highest BCUT2D eigenvalue weighted by atomic mass is 35.5. The van der Waals surface area contributed by atoms with E-state index in [1.165, 1.54) is 12.1 Å². The van der Waals surface area contributed by atoms with Gasteiger partial charge in [0.15, 0.2) is 0 Å². The molecule has 0 aliphatic rings. The summed E-state index contributed by atoms with van der Waals surface area (Å²) in [6, 6.07) is 6.23. The molecule has 0 spiro atoms. The molecule has 0 aliphatic carbocycles. The van der Waals surface area contributed by atoms with E-state index in [0.717, 1.165) is 31.6 Å². The Kier molecular flexibility index (Phi) is 6.17. The molecule has 1 nitrogen and oxygen atoms in total. The van der Waals surface area contributed by atoms with E-state index in [1.807, 2.05) is 0 Å². The summed E-state index contributed by atoms with van der Waals surface area (Å²) in [4.78, 5) is 0. The predicted octanol–water partition coefficient (Wildman–Crippen LogP) is 4.00. The van der Waals surface area contributed by atoms with Crippen LogP contribution in [0.2, 0.25) is 0 Å². The molecule has 84 valence electrons. The van der Waals surface area contributed by atoms with E-state index < -0.39 is 0 Å². The second-order valence-electron chi connectivity index (χ2n) is 3.41. The van der Waals surface area contributed by atoms with E-state index in [0.29, 0.717) is 12.4 Å². The van der Waals surface area contributed by atoms with Gasteiger partial charge in [0.2, 0.25) is 0 Å². The minimum Gasteiger partial charge on any atom is -0.493 e. The second-order valence-corrected chi connectivity index (χ2v) is 3.79. The fourth-order valence-electron chi connectivity index (χ4n) is 1.30. The van der Waals surface area contributed by atoms with Gasteiger partial charge in [-0.2, -0.15) is 0 Å². The smallest absolute Gasteiger partial charge is 0.126 e. The van der Waals surface area contributed by atoms with Crippen molar-refractivity contribution in [2.45, 2.75) is 25.7 Å². The quantitative estimate of drug-likeness (QED) is 0.508. The maximum atomic E-state index is 12.7. The molecule has 1 aromatic rings. The monoisotopic (exact) mass is 230 g/mol. The van der Waals surface area contributed by atoms with E-state index in [1.54, 1.807) is 12.1 Å². The van der Waals surface area contributed by atoms with Crippen molar-refractivity contribution in [1.82, 2.24) is 0 Å². The van der Waals surface area contributed by atoms with Gasteiger partial charge < -0.3 is 4.74 Å². The fourth-order valence-corrected chi connectivity index (χ4v) is 1.49. The van der Waals surface area contributed by atoms with Gasteiger partial charge in [-0.25, -0.2) is 4.39 Å². The van der Waals surface area contributed by atoms with Gasteiger partial charge in [0.05, 0.1) is 6.61 Å². The molecule has 0 N–H and O–H groups in total. The number of hydrogen-bond acceptors (Lipinski definition) is 1. The topological polar surface area (TPSA) is 9.23 Å². The first kappa shape index (κ1) is 12.3. The van der Waals surface area contributed by atoms with E-state index in [2.05, 4.69) is 0 Å². The van der Waals surface area contributed by atoms with Gasteiger partial charge in [0.1, 0.15) is 11.6 Å². The Balaban J connectivity index is 2.10. The van der Waals surface area contributed by atoms with Crippen molar-refractivity contribution < 1.29 is 9.13 Å². The summed E-state index contributed by atoms with van der Waals surface area (Å²) in [5, 5.41) is 0. The zero-order valence-corrected chi connectivity index (χ0v) is 9.47. The lowest BCUT2D eigenvalue weighted by Crippen LogP contribution is -1.97. The Hall–Kier alpha value is -0.760. The molecule has 1 rings (SSSR count). The summed E-state index contributed by atoms with van der Waals surface area (Å²) in [6.45, 7) is 0.645. The Morgan fingerprint density at radius 2 is 1.93 bits per heavy atom. The fraction of sp³-hybridized carbons (Fsp3) is 0.500. The van der Waals surface area contributed by atoms with Crippen LogP contribution in [0.25, 0.3) is 0 Å². The Labute approximate surface area is 95.2 Å². The number of halogens is 2. The van der Waals surface area contributed by atoms with Crippen molar-refractivity contribution in [2.24, 2.45) is 0 Å². The van der Waals surface area contributed by atoms with E-state index >= 15 is 0 Å². The number of ether oxygens (including phenoxy) is 1. The largest absolute Gasteiger partial charge is 0.493 e. The van der Waals surface area contributed by atoms with Gasteiger partial charge in [-0.1, -0.05) is 18.9 Å². The predicted molar refractivity (Wildman–Crippen MR) is 61.1 cm³/mol. The highest BCUT2D eigenvalue weighted by Gasteiger charge is 1.95. The number of unbranched alkanes of at least 4 members (excludes halogenated alkanes) is 3. The van der Waals surface area contributed by atoms with Crippen LogP contribution >= 0.6 is 11.6 Å². The molecule has 1 aromatic carbocycles. The molecular weight excluding hydrogens is 215 g/mol. The van der Waals surface area contributed by atoms with E-state index in [-0.39, 0.29) is 5.82 Å². The molecule has 0 unspecified atom stereocenters. The van der Waals surface area contributed by atoms with Crippen molar-refractivity contribution in [3.05, 3.63) is 30.1 Å². The normalized spacial score (nSPS) is 10.3. The van der Waals surface area contributed by atoms with Crippen molar-refractivity contribution in [3.63, 3.8) is 0 Å². The van der Waals surface area contributed by atoms with Crippen molar-refractivity contribution >= 4 is 11.6 Å². The molecule has 0 atom stereocenters. The molecule has 0 saturated carbocycles. The van der Waals surface area contributed by atoms with Crippen LogP contribution in [0.15, 0.2) is 24.3 Å². The standard InChI is InChI=1S/C12H16ClFO/c13-8-3-1-2-4-9-15-12-7-5-6-11(14)10-12/h5-7,10H,1-4,8-9H2. The number of hydrogen-bond donors (Lipinski definition) is 0. The Morgan fingerprint density at radius 3 is 2.67 bits per heavy atom. The Bertz CT molecular complexity index is 278. The lowest BCUT2D eigenvalue weighted by molar-refractivity contribution is 0.303. The molecule has 0 amide bonds. The third-order valence-electron chi connectivity index (χ3n) is 2.09. The summed E-state index contributed by atoms with van der Waals surface area (Å²) in [6.07, 6.45) is 4.30. The molecule has 0 bridgehead atoms. The summed E-state index contributed by atoms with van der Waals surface area (Å²) >= 11 is 5.55. The van der Waals surface area contributed by atoms with Crippen LogP contribution in [0.1, 0.15) is 25.7 Å². The molecule has 3 heteroatoms. The van der Waals surface area contributed by atoms with Gasteiger partial charge in [-0.3, -0.25) is 0 Å². The van der Waals surface area contributed by atoms with Crippen LogP contribution in [0.4, 0.5) is 4.39 Å². The zero-order valence-electron chi connectivity index (χ0n) is 8.72. The van der Waals surface area contributed by atoms with Crippen molar-refractivity contribution in [1.29, 1.82) is 0 Å². The first-order valence-corrected chi connectivity index (χ1v) is 5.80. The number of alkyl halides is 1. The van der Waals surface area contributed by atoms with Crippen LogP contribution < -0.4 is 4.74 Å². The summed E-state index contributed by atoms with van der Waals surface area (Å²) in [5.74, 6) is 1.08. The third kappa shape index (κ3) is 5.63. The lowest BCUT2D eigenvalue weighted by atomic mass is 10.2. The molecule has 0 aliphatic heterocycles. The van der Waals surface area contributed by atoms with Crippen LogP contribution in [0, 0.1) is 5.82 Å². The second kappa shape index (κ2) is 7.52. The van der Waals surface area contributed by atoms with Gasteiger partial charge in [-0.15, -0.1) is 11.6 Å². The van der Waals surface area contributed by atoms with Gasteiger partial charge in [0.25, 0.3) is 0 Å². The number of rotatable bonds is 7. The lowest BCUT2D eigenvalue weighted by Gasteiger charge is -2.05. The molecule has 0 saturated heterocycles. The van der Waals surface area contributed by atoms with Crippen LogP contribution in [-0.2, 0) is 0 Å². The molecule has 0 fully saturated rings. The van der Waals surface area contributed by atoms with Gasteiger partial charge in [-0.05, 0) is 25.0 Å². The maximum Gasteiger partial charge on any atom is 0.126 e. The summed E-state index contributed by atoms with van der Waals surface area (Å²) in [7, 11) is 0. The molecular formula is C12H16ClFO. The average molecular weight is 231 g/mol. The highest BCUT2D eigenvalue weighted by Crippen LogP contribution is 2.12. The van der Waals surface area contributed by atoms with Gasteiger partial charge in [0, 0.05) is 11.9 Å². The van der Waals surface area contributed by atoms with E-state index in [4.69, 9.17) is 16.3 Å². The van der Waals surface area contributed by atoms with Crippen molar-refractivity contribution in [2.75, 3.05) is 12.5 Å².